The summed E-state index contributed by atoms with van der Waals surface area (Å²) < 4.78 is 1.07. The molecule has 0 saturated carbocycles. The Kier molecular flexibility index (Phi) is 5.49. The standard InChI is InChI=1S/C16H17BrOS/c1-12-2-8-16(9-3-12)19-11-15(18)10-13-4-6-14(17)7-5-13/h2-9,15,18H,10-11H2,1H3. The van der Waals surface area contributed by atoms with Crippen LogP contribution in [0.3, 0.4) is 0 Å². The molecule has 0 amide bonds. The molecule has 2 aromatic carbocycles. The number of aryl methyl sites for hydroxylation is 1. The zero-order valence-corrected chi connectivity index (χ0v) is 13.2. The van der Waals surface area contributed by atoms with Gasteiger partial charge in [-0.2, -0.15) is 0 Å². The maximum absolute atomic E-state index is 10.1. The van der Waals surface area contributed by atoms with Gasteiger partial charge >= 0.3 is 0 Å². The Labute approximate surface area is 127 Å². The predicted molar refractivity (Wildman–Crippen MR) is 85.8 cm³/mol. The maximum Gasteiger partial charge on any atom is 0.0674 e. The van der Waals surface area contributed by atoms with E-state index in [-0.39, 0.29) is 6.10 Å². The maximum atomic E-state index is 10.1. The van der Waals surface area contributed by atoms with Crippen molar-refractivity contribution in [2.24, 2.45) is 0 Å². The first-order valence-corrected chi connectivity index (χ1v) is 8.03. The van der Waals surface area contributed by atoms with Crippen molar-refractivity contribution in [3.05, 3.63) is 64.1 Å². The van der Waals surface area contributed by atoms with E-state index in [1.807, 2.05) is 24.3 Å². The van der Waals surface area contributed by atoms with Gasteiger partial charge < -0.3 is 5.11 Å². The molecule has 0 saturated heterocycles. The molecule has 2 aromatic rings. The zero-order valence-electron chi connectivity index (χ0n) is 10.8. The topological polar surface area (TPSA) is 20.2 Å². The highest BCUT2D eigenvalue weighted by atomic mass is 79.9. The third-order valence-corrected chi connectivity index (χ3v) is 4.53. The van der Waals surface area contributed by atoms with Crippen LogP contribution in [0.5, 0.6) is 0 Å². The first-order valence-electron chi connectivity index (χ1n) is 6.25. The number of benzene rings is 2. The molecule has 100 valence electrons. The van der Waals surface area contributed by atoms with Crippen LogP contribution in [0.4, 0.5) is 0 Å². The second-order valence-electron chi connectivity index (χ2n) is 4.61. The Hall–Kier alpha value is -0.770. The fraction of sp³-hybridized carbons (Fsp3) is 0.250. The largest absolute Gasteiger partial charge is 0.392 e. The quantitative estimate of drug-likeness (QED) is 0.814. The Morgan fingerprint density at radius 3 is 2.32 bits per heavy atom. The van der Waals surface area contributed by atoms with Crippen molar-refractivity contribution in [3.63, 3.8) is 0 Å². The number of thioether (sulfide) groups is 1. The molecule has 0 spiro atoms. The van der Waals surface area contributed by atoms with E-state index in [4.69, 9.17) is 0 Å². The Morgan fingerprint density at radius 2 is 1.68 bits per heavy atom. The molecule has 0 aromatic heterocycles. The first-order chi connectivity index (χ1) is 9.13. The minimum Gasteiger partial charge on any atom is -0.392 e. The number of halogens is 1. The van der Waals surface area contributed by atoms with Gasteiger partial charge in [0.05, 0.1) is 6.10 Å². The van der Waals surface area contributed by atoms with Crippen molar-refractivity contribution in [1.29, 1.82) is 0 Å². The lowest BCUT2D eigenvalue weighted by molar-refractivity contribution is 0.200. The van der Waals surface area contributed by atoms with E-state index >= 15 is 0 Å². The molecule has 3 heteroatoms. The molecular weight excluding hydrogens is 320 g/mol. The molecule has 0 aliphatic heterocycles. The van der Waals surface area contributed by atoms with E-state index in [1.165, 1.54) is 16.0 Å². The monoisotopic (exact) mass is 336 g/mol. The molecular formula is C16H17BrOS. The van der Waals surface area contributed by atoms with Crippen LogP contribution < -0.4 is 0 Å². The fourth-order valence-corrected chi connectivity index (χ4v) is 2.87. The lowest BCUT2D eigenvalue weighted by Gasteiger charge is -2.10. The zero-order chi connectivity index (χ0) is 13.7. The first kappa shape index (κ1) is 14.6. The fourth-order valence-electron chi connectivity index (χ4n) is 1.78. The summed E-state index contributed by atoms with van der Waals surface area (Å²) in [6.45, 7) is 2.08. The van der Waals surface area contributed by atoms with Gasteiger partial charge in [0.15, 0.2) is 0 Å². The van der Waals surface area contributed by atoms with E-state index in [9.17, 15) is 5.11 Å². The molecule has 1 N–H and O–H groups in total. The summed E-state index contributed by atoms with van der Waals surface area (Å²) in [4.78, 5) is 1.21. The Morgan fingerprint density at radius 1 is 1.05 bits per heavy atom. The molecule has 19 heavy (non-hydrogen) atoms. The second-order valence-corrected chi connectivity index (χ2v) is 6.62. The van der Waals surface area contributed by atoms with Crippen LogP contribution in [0.1, 0.15) is 11.1 Å². The van der Waals surface area contributed by atoms with Gasteiger partial charge in [-0.3, -0.25) is 0 Å². The van der Waals surface area contributed by atoms with E-state index < -0.39 is 0 Å². The van der Waals surface area contributed by atoms with Crippen LogP contribution in [0.2, 0.25) is 0 Å². The highest BCUT2D eigenvalue weighted by molar-refractivity contribution is 9.10. The molecule has 1 atom stereocenters. The Bertz CT molecular complexity index is 507. The van der Waals surface area contributed by atoms with Gasteiger partial charge in [0.1, 0.15) is 0 Å². The molecule has 1 unspecified atom stereocenters. The van der Waals surface area contributed by atoms with E-state index in [1.54, 1.807) is 11.8 Å². The predicted octanol–water partition coefficient (Wildman–Crippen LogP) is 4.45. The van der Waals surface area contributed by atoms with Gasteiger partial charge in [-0.05, 0) is 43.2 Å². The van der Waals surface area contributed by atoms with Crippen LogP contribution >= 0.6 is 27.7 Å². The number of hydrogen-bond acceptors (Lipinski definition) is 2. The summed E-state index contributed by atoms with van der Waals surface area (Å²) in [5.74, 6) is 0.721. The highest BCUT2D eigenvalue weighted by Gasteiger charge is 2.06. The van der Waals surface area contributed by atoms with Crippen molar-refractivity contribution in [3.8, 4) is 0 Å². The van der Waals surface area contributed by atoms with Crippen molar-refractivity contribution in [2.45, 2.75) is 24.3 Å². The van der Waals surface area contributed by atoms with Gasteiger partial charge in [0, 0.05) is 15.1 Å². The van der Waals surface area contributed by atoms with Crippen LogP contribution in [0.15, 0.2) is 57.9 Å². The molecule has 0 heterocycles. The summed E-state index contributed by atoms with van der Waals surface area (Å²) in [6.07, 6.45) is 0.388. The molecule has 0 bridgehead atoms. The SMILES string of the molecule is Cc1ccc(SCC(O)Cc2ccc(Br)cc2)cc1. The minimum atomic E-state index is -0.313. The third-order valence-electron chi connectivity index (χ3n) is 2.85. The second kappa shape index (κ2) is 7.13. The van der Waals surface area contributed by atoms with Gasteiger partial charge in [-0.15, -0.1) is 11.8 Å². The lowest BCUT2D eigenvalue weighted by atomic mass is 10.1. The molecule has 0 radical (unpaired) electrons. The van der Waals surface area contributed by atoms with Crippen molar-refractivity contribution in [1.82, 2.24) is 0 Å². The van der Waals surface area contributed by atoms with Gasteiger partial charge in [0.25, 0.3) is 0 Å². The lowest BCUT2D eigenvalue weighted by Crippen LogP contribution is -2.13. The number of aliphatic hydroxyl groups is 1. The van der Waals surface area contributed by atoms with Gasteiger partial charge in [-0.1, -0.05) is 45.8 Å². The number of aliphatic hydroxyl groups excluding tert-OH is 1. The molecule has 2 rings (SSSR count). The average Bonchev–Trinajstić information content (AvgIpc) is 2.41. The van der Waals surface area contributed by atoms with Crippen LogP contribution in [0, 0.1) is 6.92 Å². The minimum absolute atomic E-state index is 0.313. The van der Waals surface area contributed by atoms with Gasteiger partial charge in [-0.25, -0.2) is 0 Å². The Balaban J connectivity index is 1.82. The van der Waals surface area contributed by atoms with E-state index in [2.05, 4.69) is 47.1 Å². The van der Waals surface area contributed by atoms with E-state index in [0.717, 1.165) is 10.2 Å². The molecule has 1 nitrogen and oxygen atoms in total. The molecule has 0 aliphatic carbocycles. The summed E-state index contributed by atoms with van der Waals surface area (Å²) >= 11 is 5.11. The molecule has 0 fully saturated rings. The normalized spacial score (nSPS) is 12.4. The third kappa shape index (κ3) is 5.01. The van der Waals surface area contributed by atoms with Gasteiger partial charge in [0.2, 0.25) is 0 Å². The van der Waals surface area contributed by atoms with Crippen molar-refractivity contribution < 1.29 is 5.11 Å². The van der Waals surface area contributed by atoms with Crippen LogP contribution in [0.25, 0.3) is 0 Å². The molecule has 0 aliphatic rings. The van der Waals surface area contributed by atoms with Crippen LogP contribution in [-0.2, 0) is 6.42 Å². The number of hydrogen-bond donors (Lipinski definition) is 1. The highest BCUT2D eigenvalue weighted by Crippen LogP contribution is 2.20. The van der Waals surface area contributed by atoms with E-state index in [0.29, 0.717) is 6.42 Å². The smallest absolute Gasteiger partial charge is 0.0674 e. The van der Waals surface area contributed by atoms with Crippen LogP contribution in [-0.4, -0.2) is 17.0 Å². The summed E-state index contributed by atoms with van der Waals surface area (Å²) in [5.41, 5.74) is 2.43. The summed E-state index contributed by atoms with van der Waals surface area (Å²) in [5, 5.41) is 10.1. The van der Waals surface area contributed by atoms with Crippen molar-refractivity contribution in [2.75, 3.05) is 5.75 Å². The van der Waals surface area contributed by atoms with Crippen molar-refractivity contribution >= 4 is 27.7 Å². The summed E-state index contributed by atoms with van der Waals surface area (Å²) in [7, 11) is 0. The average molecular weight is 337 g/mol. The summed E-state index contributed by atoms with van der Waals surface area (Å²) in [6, 6.07) is 16.5. The number of rotatable bonds is 5.